The minimum Gasteiger partial charge on any atom is -0.508 e. The van der Waals surface area contributed by atoms with Crippen molar-refractivity contribution in [3.05, 3.63) is 23.8 Å². The molecule has 0 spiro atoms. The molecule has 0 aliphatic carbocycles. The average molecular weight is 238 g/mol. The van der Waals surface area contributed by atoms with Crippen LogP contribution in [0.2, 0.25) is 0 Å². The number of benzene rings is 1. The second-order valence-electron chi connectivity index (χ2n) is 4.23. The molecule has 0 heterocycles. The van der Waals surface area contributed by atoms with E-state index in [-0.39, 0.29) is 29.0 Å². The molecule has 5 heteroatoms. The van der Waals surface area contributed by atoms with E-state index in [4.69, 9.17) is 5.73 Å². The summed E-state index contributed by atoms with van der Waals surface area (Å²) in [6.45, 7) is 2.41. The number of phenols is 2. The minimum absolute atomic E-state index is 0.0304. The van der Waals surface area contributed by atoms with Crippen LogP contribution in [-0.4, -0.2) is 40.7 Å². The summed E-state index contributed by atoms with van der Waals surface area (Å²) < 4.78 is 0. The van der Waals surface area contributed by atoms with Gasteiger partial charge in [-0.25, -0.2) is 0 Å². The van der Waals surface area contributed by atoms with Crippen LogP contribution in [0, 0.1) is 0 Å². The van der Waals surface area contributed by atoms with Crippen LogP contribution in [-0.2, 0) is 0 Å². The van der Waals surface area contributed by atoms with E-state index in [1.54, 1.807) is 7.05 Å². The first-order valence-corrected chi connectivity index (χ1v) is 5.44. The lowest BCUT2D eigenvalue weighted by Gasteiger charge is -2.18. The lowest BCUT2D eigenvalue weighted by atomic mass is 10.1. The number of phenolic OH excluding ortho intramolecular Hbond substituents is 2. The van der Waals surface area contributed by atoms with Gasteiger partial charge in [0.2, 0.25) is 0 Å². The van der Waals surface area contributed by atoms with Crippen LogP contribution < -0.4 is 5.73 Å². The zero-order chi connectivity index (χ0) is 13.0. The van der Waals surface area contributed by atoms with Crippen LogP contribution in [0.4, 0.5) is 0 Å². The fourth-order valence-corrected chi connectivity index (χ4v) is 1.44. The third-order valence-electron chi connectivity index (χ3n) is 2.42. The van der Waals surface area contributed by atoms with Crippen molar-refractivity contribution < 1.29 is 15.0 Å². The number of carbonyl (C=O) groups excluding carboxylic acids is 1. The van der Waals surface area contributed by atoms with Gasteiger partial charge in [0.05, 0.1) is 0 Å². The Labute approximate surface area is 100 Å². The molecule has 17 heavy (non-hydrogen) atoms. The third-order valence-corrected chi connectivity index (χ3v) is 2.42. The molecule has 1 unspecified atom stereocenters. The summed E-state index contributed by atoms with van der Waals surface area (Å²) in [5.74, 6) is -0.514. The molecule has 4 N–H and O–H groups in total. The monoisotopic (exact) mass is 238 g/mol. The molecule has 5 nitrogen and oxygen atoms in total. The highest BCUT2D eigenvalue weighted by Crippen LogP contribution is 2.21. The number of nitrogens with two attached hydrogens (primary N) is 1. The summed E-state index contributed by atoms with van der Waals surface area (Å²) in [7, 11) is 1.66. The number of amides is 1. The van der Waals surface area contributed by atoms with Gasteiger partial charge in [-0.3, -0.25) is 4.79 Å². The number of hydrogen-bond donors (Lipinski definition) is 3. The Bertz CT molecular complexity index is 384. The van der Waals surface area contributed by atoms with Crippen LogP contribution in [0.5, 0.6) is 11.5 Å². The molecule has 0 fully saturated rings. The molecule has 0 aliphatic rings. The van der Waals surface area contributed by atoms with Gasteiger partial charge in [-0.2, -0.15) is 0 Å². The summed E-state index contributed by atoms with van der Waals surface area (Å²) in [5, 5.41) is 18.6. The van der Waals surface area contributed by atoms with Crippen molar-refractivity contribution in [1.82, 2.24) is 4.90 Å². The standard InChI is InChI=1S/C12H18N2O3/c1-8(13)3-4-14(2)12(17)9-5-10(15)7-11(16)6-9/h5-8,15-16H,3-4,13H2,1-2H3. The highest BCUT2D eigenvalue weighted by Gasteiger charge is 2.13. The van der Waals surface area contributed by atoms with E-state index in [1.165, 1.54) is 23.1 Å². The van der Waals surface area contributed by atoms with E-state index in [1.807, 2.05) is 6.92 Å². The molecule has 1 atom stereocenters. The van der Waals surface area contributed by atoms with Crippen LogP contribution in [0.25, 0.3) is 0 Å². The molecule has 1 aromatic carbocycles. The Morgan fingerprint density at radius 1 is 1.35 bits per heavy atom. The molecule has 94 valence electrons. The maximum absolute atomic E-state index is 11.9. The van der Waals surface area contributed by atoms with Crippen molar-refractivity contribution in [3.63, 3.8) is 0 Å². The molecule has 1 rings (SSSR count). The Morgan fingerprint density at radius 2 is 1.88 bits per heavy atom. The fourth-order valence-electron chi connectivity index (χ4n) is 1.44. The Kier molecular flexibility index (Phi) is 4.34. The summed E-state index contributed by atoms with van der Waals surface area (Å²) in [4.78, 5) is 13.4. The van der Waals surface area contributed by atoms with Crippen molar-refractivity contribution in [3.8, 4) is 11.5 Å². The van der Waals surface area contributed by atoms with Gasteiger partial charge in [0.1, 0.15) is 11.5 Å². The molecular weight excluding hydrogens is 220 g/mol. The highest BCUT2D eigenvalue weighted by molar-refractivity contribution is 5.94. The highest BCUT2D eigenvalue weighted by atomic mass is 16.3. The van der Waals surface area contributed by atoms with E-state index in [2.05, 4.69) is 0 Å². The van der Waals surface area contributed by atoms with Crippen molar-refractivity contribution in [1.29, 1.82) is 0 Å². The minimum atomic E-state index is -0.253. The number of rotatable bonds is 4. The molecule has 0 aromatic heterocycles. The van der Waals surface area contributed by atoms with Crippen molar-refractivity contribution in [2.24, 2.45) is 5.73 Å². The second kappa shape index (κ2) is 5.54. The van der Waals surface area contributed by atoms with Crippen LogP contribution in [0.15, 0.2) is 18.2 Å². The number of aromatic hydroxyl groups is 2. The largest absolute Gasteiger partial charge is 0.508 e. The van der Waals surface area contributed by atoms with Crippen molar-refractivity contribution in [2.45, 2.75) is 19.4 Å². The number of hydrogen-bond acceptors (Lipinski definition) is 4. The Morgan fingerprint density at radius 3 is 2.35 bits per heavy atom. The lowest BCUT2D eigenvalue weighted by molar-refractivity contribution is 0.0791. The van der Waals surface area contributed by atoms with E-state index in [9.17, 15) is 15.0 Å². The summed E-state index contributed by atoms with van der Waals surface area (Å²) in [5.41, 5.74) is 5.87. The molecule has 1 aromatic rings. The molecule has 0 bridgehead atoms. The molecule has 0 aliphatic heterocycles. The lowest BCUT2D eigenvalue weighted by Crippen LogP contribution is -2.31. The van der Waals surface area contributed by atoms with E-state index < -0.39 is 0 Å². The van der Waals surface area contributed by atoms with Crippen LogP contribution in [0.1, 0.15) is 23.7 Å². The third kappa shape index (κ3) is 3.96. The predicted molar refractivity (Wildman–Crippen MR) is 65.0 cm³/mol. The van der Waals surface area contributed by atoms with Gasteiger partial charge in [0, 0.05) is 31.3 Å². The first-order valence-electron chi connectivity index (χ1n) is 5.44. The zero-order valence-corrected chi connectivity index (χ0v) is 10.1. The second-order valence-corrected chi connectivity index (χ2v) is 4.23. The van der Waals surface area contributed by atoms with Crippen LogP contribution >= 0.6 is 0 Å². The number of nitrogens with zero attached hydrogens (tertiary/aromatic N) is 1. The Hall–Kier alpha value is -1.75. The summed E-state index contributed by atoms with van der Waals surface area (Å²) in [6.07, 6.45) is 0.701. The van der Waals surface area contributed by atoms with Gasteiger partial charge in [0.25, 0.3) is 5.91 Å². The predicted octanol–water partition coefficient (Wildman–Crippen LogP) is 0.907. The smallest absolute Gasteiger partial charge is 0.253 e. The first kappa shape index (κ1) is 13.3. The van der Waals surface area contributed by atoms with E-state index in [0.717, 1.165) is 0 Å². The first-order chi connectivity index (χ1) is 7.90. The molecule has 0 saturated carbocycles. The average Bonchev–Trinajstić information content (AvgIpc) is 2.23. The van der Waals surface area contributed by atoms with Crippen molar-refractivity contribution in [2.75, 3.05) is 13.6 Å². The molecular formula is C12H18N2O3. The number of carbonyl (C=O) groups is 1. The maximum atomic E-state index is 11.9. The normalized spacial score (nSPS) is 12.2. The van der Waals surface area contributed by atoms with Gasteiger partial charge < -0.3 is 20.8 Å². The van der Waals surface area contributed by atoms with Gasteiger partial charge in [0.15, 0.2) is 0 Å². The van der Waals surface area contributed by atoms with Gasteiger partial charge in [-0.1, -0.05) is 0 Å². The molecule has 1 amide bonds. The quantitative estimate of drug-likeness (QED) is 0.727. The fraction of sp³-hybridized carbons (Fsp3) is 0.417. The van der Waals surface area contributed by atoms with Gasteiger partial charge >= 0.3 is 0 Å². The van der Waals surface area contributed by atoms with Gasteiger partial charge in [-0.15, -0.1) is 0 Å². The van der Waals surface area contributed by atoms with Crippen molar-refractivity contribution >= 4 is 5.91 Å². The summed E-state index contributed by atoms with van der Waals surface area (Å²) >= 11 is 0. The molecule has 0 saturated heterocycles. The SMILES string of the molecule is CC(N)CCN(C)C(=O)c1cc(O)cc(O)c1. The summed E-state index contributed by atoms with van der Waals surface area (Å²) in [6, 6.07) is 3.86. The topological polar surface area (TPSA) is 86.8 Å². The Balaban J connectivity index is 2.74. The van der Waals surface area contributed by atoms with E-state index in [0.29, 0.717) is 13.0 Å². The van der Waals surface area contributed by atoms with Gasteiger partial charge in [-0.05, 0) is 25.5 Å². The van der Waals surface area contributed by atoms with Crippen LogP contribution in [0.3, 0.4) is 0 Å². The van der Waals surface area contributed by atoms with E-state index >= 15 is 0 Å². The molecule has 0 radical (unpaired) electrons. The zero-order valence-electron chi connectivity index (χ0n) is 10.1. The maximum Gasteiger partial charge on any atom is 0.253 e.